The number of hydrogen-bond donors (Lipinski definition) is 0. The fraction of sp³-hybridized carbons (Fsp3) is 0.375. The largest absolute Gasteiger partial charge is 0.466 e. The Bertz CT molecular complexity index is 531. The lowest BCUT2D eigenvalue weighted by atomic mass is 9.99. The van der Waals surface area contributed by atoms with Gasteiger partial charge in [0.1, 0.15) is 0 Å². The SMILES string of the molecule is CCOC(=O)C(C)c1ccc(C=C2CSCC2=O)cc1. The Balaban J connectivity index is 2.10. The molecule has 0 saturated carbocycles. The molecule has 1 aliphatic rings. The molecule has 1 aliphatic heterocycles. The highest BCUT2D eigenvalue weighted by Gasteiger charge is 2.18. The summed E-state index contributed by atoms with van der Waals surface area (Å²) in [4.78, 5) is 23.2. The van der Waals surface area contributed by atoms with Crippen LogP contribution >= 0.6 is 11.8 Å². The zero-order valence-electron chi connectivity index (χ0n) is 11.7. The predicted octanol–water partition coefficient (Wildman–Crippen LogP) is 3.05. The summed E-state index contributed by atoms with van der Waals surface area (Å²) in [5.74, 6) is 1.13. The molecule has 20 heavy (non-hydrogen) atoms. The first-order chi connectivity index (χ1) is 9.61. The monoisotopic (exact) mass is 290 g/mol. The number of rotatable bonds is 4. The van der Waals surface area contributed by atoms with Gasteiger partial charge in [-0.3, -0.25) is 9.59 Å². The number of hydrogen-bond acceptors (Lipinski definition) is 4. The summed E-state index contributed by atoms with van der Waals surface area (Å²) in [5.41, 5.74) is 2.80. The smallest absolute Gasteiger partial charge is 0.313 e. The van der Waals surface area contributed by atoms with E-state index in [2.05, 4.69) is 0 Å². The van der Waals surface area contributed by atoms with E-state index in [1.165, 1.54) is 0 Å². The van der Waals surface area contributed by atoms with Gasteiger partial charge in [-0.2, -0.15) is 0 Å². The molecule has 106 valence electrons. The van der Waals surface area contributed by atoms with E-state index in [0.717, 1.165) is 22.5 Å². The number of ether oxygens (including phenoxy) is 1. The topological polar surface area (TPSA) is 43.4 Å². The summed E-state index contributed by atoms with van der Waals surface area (Å²) in [6, 6.07) is 7.71. The number of carbonyl (C=O) groups excluding carboxylic acids is 2. The van der Waals surface area contributed by atoms with E-state index in [1.807, 2.05) is 37.3 Å². The van der Waals surface area contributed by atoms with Gasteiger partial charge in [-0.25, -0.2) is 0 Å². The standard InChI is InChI=1S/C16H18O3S/c1-3-19-16(18)11(2)13-6-4-12(5-7-13)8-14-9-20-10-15(14)17/h4-8,11H,3,9-10H2,1-2H3. The minimum atomic E-state index is -0.264. The summed E-state index contributed by atoms with van der Waals surface area (Å²) in [7, 11) is 0. The van der Waals surface area contributed by atoms with E-state index < -0.39 is 0 Å². The maximum absolute atomic E-state index is 11.7. The van der Waals surface area contributed by atoms with Crippen molar-refractivity contribution < 1.29 is 14.3 Å². The van der Waals surface area contributed by atoms with Gasteiger partial charge in [0.15, 0.2) is 5.78 Å². The van der Waals surface area contributed by atoms with Gasteiger partial charge in [0.25, 0.3) is 0 Å². The molecular formula is C16H18O3S. The van der Waals surface area contributed by atoms with Crippen molar-refractivity contribution in [2.75, 3.05) is 18.1 Å². The number of thioether (sulfide) groups is 1. The minimum Gasteiger partial charge on any atom is -0.466 e. The second-order valence-electron chi connectivity index (χ2n) is 4.73. The zero-order valence-corrected chi connectivity index (χ0v) is 12.5. The molecule has 1 saturated heterocycles. The molecule has 3 nitrogen and oxygen atoms in total. The Morgan fingerprint density at radius 3 is 2.60 bits per heavy atom. The summed E-state index contributed by atoms with van der Waals surface area (Å²) in [6.45, 7) is 4.03. The van der Waals surface area contributed by atoms with Crippen molar-refractivity contribution in [3.63, 3.8) is 0 Å². The van der Waals surface area contributed by atoms with E-state index in [9.17, 15) is 9.59 Å². The van der Waals surface area contributed by atoms with Gasteiger partial charge in [0, 0.05) is 11.3 Å². The van der Waals surface area contributed by atoms with Crippen molar-refractivity contribution in [1.29, 1.82) is 0 Å². The Morgan fingerprint density at radius 1 is 1.35 bits per heavy atom. The van der Waals surface area contributed by atoms with Crippen LogP contribution in [0.3, 0.4) is 0 Å². The molecule has 0 amide bonds. The quantitative estimate of drug-likeness (QED) is 0.631. The van der Waals surface area contributed by atoms with Gasteiger partial charge >= 0.3 is 5.97 Å². The van der Waals surface area contributed by atoms with Crippen LogP contribution in [0.5, 0.6) is 0 Å². The molecule has 1 atom stereocenters. The van der Waals surface area contributed by atoms with Crippen LogP contribution in [0.1, 0.15) is 30.9 Å². The molecule has 1 aromatic rings. The van der Waals surface area contributed by atoms with E-state index in [-0.39, 0.29) is 17.7 Å². The molecular weight excluding hydrogens is 272 g/mol. The number of carbonyl (C=O) groups is 2. The summed E-state index contributed by atoms with van der Waals surface area (Å²) >= 11 is 1.65. The van der Waals surface area contributed by atoms with Crippen molar-refractivity contribution in [3.05, 3.63) is 41.0 Å². The van der Waals surface area contributed by atoms with Crippen molar-refractivity contribution in [2.45, 2.75) is 19.8 Å². The van der Waals surface area contributed by atoms with Gasteiger partial charge in [-0.05, 0) is 31.1 Å². The third-order valence-electron chi connectivity index (χ3n) is 3.27. The Kier molecular flexibility index (Phi) is 5.01. The van der Waals surface area contributed by atoms with Gasteiger partial charge in [0.2, 0.25) is 0 Å². The Morgan fingerprint density at radius 2 is 2.05 bits per heavy atom. The molecule has 1 heterocycles. The lowest BCUT2D eigenvalue weighted by molar-refractivity contribution is -0.144. The highest BCUT2D eigenvalue weighted by Crippen LogP contribution is 2.23. The predicted molar refractivity (Wildman–Crippen MR) is 81.8 cm³/mol. The fourth-order valence-electron chi connectivity index (χ4n) is 2.03. The zero-order chi connectivity index (χ0) is 14.5. The molecule has 2 rings (SSSR count). The molecule has 1 aromatic carbocycles. The van der Waals surface area contributed by atoms with E-state index in [0.29, 0.717) is 12.4 Å². The second kappa shape index (κ2) is 6.75. The highest BCUT2D eigenvalue weighted by atomic mass is 32.2. The second-order valence-corrected chi connectivity index (χ2v) is 5.71. The normalized spacial score (nSPS) is 18.3. The van der Waals surface area contributed by atoms with Crippen LogP contribution in [0.15, 0.2) is 29.8 Å². The third kappa shape index (κ3) is 3.51. The first-order valence-electron chi connectivity index (χ1n) is 6.70. The number of benzene rings is 1. The van der Waals surface area contributed by atoms with E-state index >= 15 is 0 Å². The number of Topliss-reactive ketones (excluding diaryl/α,β-unsaturated/α-hetero) is 1. The van der Waals surface area contributed by atoms with Crippen molar-refractivity contribution in [3.8, 4) is 0 Å². The van der Waals surface area contributed by atoms with E-state index in [4.69, 9.17) is 4.74 Å². The maximum Gasteiger partial charge on any atom is 0.313 e. The van der Waals surface area contributed by atoms with Crippen molar-refractivity contribution in [1.82, 2.24) is 0 Å². The number of esters is 1. The summed E-state index contributed by atoms with van der Waals surface area (Å²) < 4.78 is 5.01. The van der Waals surface area contributed by atoms with Crippen molar-refractivity contribution >= 4 is 29.6 Å². The lowest BCUT2D eigenvalue weighted by Gasteiger charge is -2.10. The number of ketones is 1. The molecule has 0 spiro atoms. The highest BCUT2D eigenvalue weighted by molar-refractivity contribution is 8.00. The van der Waals surface area contributed by atoms with Crippen LogP contribution in [0.4, 0.5) is 0 Å². The van der Waals surface area contributed by atoms with Crippen LogP contribution in [0, 0.1) is 0 Å². The molecule has 0 radical (unpaired) electrons. The van der Waals surface area contributed by atoms with Crippen molar-refractivity contribution in [2.24, 2.45) is 0 Å². The molecule has 0 bridgehead atoms. The third-order valence-corrected chi connectivity index (χ3v) is 4.25. The van der Waals surface area contributed by atoms with Crippen LogP contribution in [0.25, 0.3) is 6.08 Å². The Labute approximate surface area is 123 Å². The molecule has 1 fully saturated rings. The minimum absolute atomic E-state index is 0.207. The van der Waals surface area contributed by atoms with E-state index in [1.54, 1.807) is 18.7 Å². The average molecular weight is 290 g/mol. The van der Waals surface area contributed by atoms with Gasteiger partial charge in [-0.15, -0.1) is 11.8 Å². The van der Waals surface area contributed by atoms with Crippen LogP contribution in [-0.4, -0.2) is 29.9 Å². The van der Waals surface area contributed by atoms with Crippen LogP contribution < -0.4 is 0 Å². The maximum atomic E-state index is 11.7. The van der Waals surface area contributed by atoms with Crippen LogP contribution in [-0.2, 0) is 14.3 Å². The molecule has 0 N–H and O–H groups in total. The van der Waals surface area contributed by atoms with Gasteiger partial charge < -0.3 is 4.74 Å². The van der Waals surface area contributed by atoms with Gasteiger partial charge in [-0.1, -0.05) is 24.3 Å². The molecule has 4 heteroatoms. The Hall–Kier alpha value is -1.55. The fourth-order valence-corrected chi connectivity index (χ4v) is 2.97. The molecule has 0 aromatic heterocycles. The van der Waals surface area contributed by atoms with Crippen LogP contribution in [0.2, 0.25) is 0 Å². The first kappa shape index (κ1) is 14.9. The molecule has 1 unspecified atom stereocenters. The van der Waals surface area contributed by atoms with Gasteiger partial charge in [0.05, 0.1) is 18.3 Å². The summed E-state index contributed by atoms with van der Waals surface area (Å²) in [5, 5.41) is 0. The average Bonchev–Trinajstić information content (AvgIpc) is 2.85. The molecule has 0 aliphatic carbocycles. The lowest BCUT2D eigenvalue weighted by Crippen LogP contribution is -2.12. The first-order valence-corrected chi connectivity index (χ1v) is 7.85. The summed E-state index contributed by atoms with van der Waals surface area (Å²) in [6.07, 6.45) is 1.93.